The first-order valence-corrected chi connectivity index (χ1v) is 3.10. The van der Waals surface area contributed by atoms with Crippen LogP contribution in [0.15, 0.2) is 36.9 Å². The van der Waals surface area contributed by atoms with Crippen molar-refractivity contribution in [1.29, 1.82) is 0 Å². The average Bonchev–Trinajstić information content (AvgIpc) is 2.53. The van der Waals surface area contributed by atoms with E-state index in [-0.39, 0.29) is 17.7 Å². The second kappa shape index (κ2) is 2.65. The highest BCUT2D eigenvalue weighted by Gasteiger charge is 1.95. The molecule has 0 aromatic carbocycles. The molecule has 0 saturated heterocycles. The summed E-state index contributed by atoms with van der Waals surface area (Å²) in [4.78, 5) is 6.93. The molecule has 0 aliphatic heterocycles. The van der Waals surface area contributed by atoms with Crippen LogP contribution >= 0.6 is 0 Å². The van der Waals surface area contributed by atoms with Gasteiger partial charge in [-0.05, 0) is 12.1 Å². The van der Waals surface area contributed by atoms with Gasteiger partial charge in [0, 0.05) is 18.0 Å². The van der Waals surface area contributed by atoms with Gasteiger partial charge >= 0.3 is 0 Å². The summed E-state index contributed by atoms with van der Waals surface area (Å²) in [7, 11) is 0. The van der Waals surface area contributed by atoms with Crippen LogP contribution < -0.4 is 5.73 Å². The van der Waals surface area contributed by atoms with Crippen molar-refractivity contribution in [3.05, 3.63) is 36.9 Å². The van der Waals surface area contributed by atoms with Gasteiger partial charge in [0.15, 0.2) is 0 Å². The van der Waals surface area contributed by atoms with E-state index in [2.05, 4.69) is 9.97 Å². The van der Waals surface area contributed by atoms with Gasteiger partial charge < -0.3 is 10.3 Å². The highest BCUT2D eigenvalue weighted by molar-refractivity contribution is 5.34. The third-order valence-electron chi connectivity index (χ3n) is 1.18. The zero-order valence-electron chi connectivity index (χ0n) is 11.9. The van der Waals surface area contributed by atoms with E-state index in [1.807, 2.05) is 0 Å². The molecule has 0 radical (unpaired) electrons. The molecule has 2 heterocycles. The van der Waals surface area contributed by atoms with Gasteiger partial charge in [-0.1, -0.05) is 0 Å². The molecule has 2 aromatic rings. The SMILES string of the molecule is [2H]c1nc([2H])c([2H])c(-n2c([2H])nc(N)c2[2H])c1[2H]. The number of rotatable bonds is 1. The van der Waals surface area contributed by atoms with E-state index in [0.717, 1.165) is 4.57 Å². The summed E-state index contributed by atoms with van der Waals surface area (Å²) in [5, 5.41) is 0. The van der Waals surface area contributed by atoms with Crippen LogP contribution in [-0.4, -0.2) is 14.5 Å². The summed E-state index contributed by atoms with van der Waals surface area (Å²) in [6, 6.07) is -0.897. The van der Waals surface area contributed by atoms with Gasteiger partial charge in [-0.15, -0.1) is 0 Å². The second-order valence-corrected chi connectivity index (χ2v) is 1.98. The lowest BCUT2D eigenvalue weighted by atomic mass is 10.4. The molecule has 2 aromatic heterocycles. The number of pyridine rings is 1. The lowest BCUT2D eigenvalue weighted by Gasteiger charge is -1.98. The maximum atomic E-state index is 7.66. The van der Waals surface area contributed by atoms with E-state index < -0.39 is 30.7 Å². The number of nitrogens with zero attached hydrogens (tertiary/aromatic N) is 3. The Morgan fingerprint density at radius 3 is 2.75 bits per heavy atom. The first-order chi connectivity index (χ1) is 8.34. The molecule has 12 heavy (non-hydrogen) atoms. The molecule has 0 amide bonds. The maximum absolute atomic E-state index is 7.66. The van der Waals surface area contributed by atoms with Crippen molar-refractivity contribution in [1.82, 2.24) is 14.5 Å². The van der Waals surface area contributed by atoms with Gasteiger partial charge in [-0.2, -0.15) is 0 Å². The van der Waals surface area contributed by atoms with E-state index in [0.29, 0.717) is 0 Å². The highest BCUT2D eigenvalue weighted by Crippen LogP contribution is 2.06. The Balaban J connectivity index is 2.87. The molecule has 60 valence electrons. The normalized spacial score (nSPS) is 17.0. The number of nitrogens with two attached hydrogens (primary N) is 1. The number of nitrogen functional groups attached to an aromatic ring is 1. The minimum absolute atomic E-state index is 0.214. The lowest BCUT2D eigenvalue weighted by Crippen LogP contribution is -1.89. The van der Waals surface area contributed by atoms with Gasteiger partial charge in [0.25, 0.3) is 0 Å². The van der Waals surface area contributed by atoms with E-state index in [9.17, 15) is 0 Å². The van der Waals surface area contributed by atoms with Gasteiger partial charge in [0.1, 0.15) is 13.5 Å². The number of hydrogen-bond donors (Lipinski definition) is 1. The van der Waals surface area contributed by atoms with Crippen molar-refractivity contribution in [2.24, 2.45) is 0 Å². The van der Waals surface area contributed by atoms with Crippen LogP contribution in [0.3, 0.4) is 0 Å². The third-order valence-corrected chi connectivity index (χ3v) is 1.18. The minimum Gasteiger partial charge on any atom is -0.382 e. The molecule has 4 nitrogen and oxygen atoms in total. The number of hydrogen-bond acceptors (Lipinski definition) is 3. The van der Waals surface area contributed by atoms with Crippen LogP contribution in [0, 0.1) is 0 Å². The molecule has 0 bridgehead atoms. The Hall–Kier alpha value is -1.84. The van der Waals surface area contributed by atoms with E-state index >= 15 is 0 Å². The summed E-state index contributed by atoms with van der Waals surface area (Å²) in [5.41, 5.74) is 5.13. The smallest absolute Gasteiger partial charge is 0.141 e. The Bertz CT molecular complexity index is 611. The molecule has 0 saturated carbocycles. The minimum atomic E-state index is -0.503. The summed E-state index contributed by atoms with van der Waals surface area (Å²) < 4.78 is 46.2. The molecule has 2 N–H and O–H groups in total. The Morgan fingerprint density at radius 1 is 1.42 bits per heavy atom. The zero-order valence-corrected chi connectivity index (χ0v) is 5.92. The van der Waals surface area contributed by atoms with Crippen LogP contribution in [0.1, 0.15) is 8.22 Å². The Kier molecular flexibility index (Phi) is 0.640. The van der Waals surface area contributed by atoms with Gasteiger partial charge in [-0.3, -0.25) is 4.98 Å². The summed E-state index contributed by atoms with van der Waals surface area (Å²) in [6.07, 6.45) is -1.79. The molecule has 0 atom stereocenters. The van der Waals surface area contributed by atoms with Crippen molar-refractivity contribution in [2.75, 3.05) is 5.73 Å². The van der Waals surface area contributed by atoms with E-state index in [4.69, 9.17) is 14.0 Å². The molecule has 0 fully saturated rings. The molecular formula is C8H8N4. The number of imidazole rings is 1. The van der Waals surface area contributed by atoms with Crippen molar-refractivity contribution >= 4 is 5.82 Å². The van der Waals surface area contributed by atoms with Crippen molar-refractivity contribution < 1.29 is 8.22 Å². The molecule has 4 heteroatoms. The van der Waals surface area contributed by atoms with Crippen LogP contribution in [0.2, 0.25) is 0 Å². The molecule has 0 aliphatic rings. The second-order valence-electron chi connectivity index (χ2n) is 1.98. The van der Waals surface area contributed by atoms with Crippen LogP contribution in [-0.2, 0) is 0 Å². The quantitative estimate of drug-likeness (QED) is 0.683. The van der Waals surface area contributed by atoms with Gasteiger partial charge in [0.2, 0.25) is 0 Å². The topological polar surface area (TPSA) is 56.7 Å². The van der Waals surface area contributed by atoms with Crippen molar-refractivity contribution in [3.63, 3.8) is 0 Å². The fourth-order valence-corrected chi connectivity index (χ4v) is 0.707. The average molecular weight is 166 g/mol. The van der Waals surface area contributed by atoms with Crippen LogP contribution in [0.5, 0.6) is 0 Å². The zero-order chi connectivity index (χ0) is 13.6. The predicted molar refractivity (Wildman–Crippen MR) is 45.8 cm³/mol. The molecule has 0 unspecified atom stereocenters. The molecular weight excluding hydrogens is 152 g/mol. The maximum Gasteiger partial charge on any atom is 0.141 e. The summed E-state index contributed by atoms with van der Waals surface area (Å²) >= 11 is 0. The van der Waals surface area contributed by atoms with Crippen LogP contribution in [0.25, 0.3) is 5.69 Å². The molecule has 0 spiro atoms. The van der Waals surface area contributed by atoms with E-state index in [1.54, 1.807) is 0 Å². The van der Waals surface area contributed by atoms with Crippen molar-refractivity contribution in [3.8, 4) is 5.69 Å². The Morgan fingerprint density at radius 2 is 2.17 bits per heavy atom. The van der Waals surface area contributed by atoms with E-state index in [1.165, 1.54) is 0 Å². The molecule has 0 aliphatic carbocycles. The van der Waals surface area contributed by atoms with Crippen LogP contribution in [0.4, 0.5) is 5.82 Å². The largest absolute Gasteiger partial charge is 0.382 e. The highest BCUT2D eigenvalue weighted by atomic mass is 15.1. The first kappa shape index (κ1) is 2.90. The van der Waals surface area contributed by atoms with Crippen molar-refractivity contribution in [2.45, 2.75) is 0 Å². The fraction of sp³-hybridized carbons (Fsp3) is 0. The standard InChI is InChI=1S/C8H8N4/c9-8-5-12(6-11-8)7-1-3-10-4-2-7/h1-6H,9H2/i1D,2D,3D,4D,5D,6D. The first-order valence-electron chi connectivity index (χ1n) is 6.10. The molecule has 2 rings (SSSR count). The third kappa shape index (κ3) is 1.14. The monoisotopic (exact) mass is 166 g/mol. The fourth-order valence-electron chi connectivity index (χ4n) is 0.707. The Labute approximate surface area is 78.1 Å². The summed E-state index contributed by atoms with van der Waals surface area (Å²) in [6.45, 7) is 0. The number of anilines is 1. The number of aromatic nitrogens is 3. The summed E-state index contributed by atoms with van der Waals surface area (Å²) in [5.74, 6) is -0.214. The lowest BCUT2D eigenvalue weighted by molar-refractivity contribution is 1.05. The van der Waals surface area contributed by atoms with Gasteiger partial charge in [0.05, 0.1) is 13.0 Å². The predicted octanol–water partition coefficient (Wildman–Crippen LogP) is 0.849. The van der Waals surface area contributed by atoms with Gasteiger partial charge in [-0.25, -0.2) is 4.98 Å².